The first-order valence-electron chi connectivity index (χ1n) is 10.5. The Balaban J connectivity index is 1.76. The summed E-state index contributed by atoms with van der Waals surface area (Å²) in [5.74, 6) is 0.680. The van der Waals surface area contributed by atoms with Crippen LogP contribution >= 0.6 is 11.3 Å². The van der Waals surface area contributed by atoms with E-state index in [1.165, 1.54) is 10.4 Å². The molecule has 0 saturated carbocycles. The van der Waals surface area contributed by atoms with Gasteiger partial charge in [0.2, 0.25) is 0 Å². The molecule has 4 rings (SSSR count). The Labute approximate surface area is 192 Å². The molecule has 32 heavy (non-hydrogen) atoms. The number of carbonyl (C=O) groups excluding carboxylic acids is 1. The summed E-state index contributed by atoms with van der Waals surface area (Å²) in [6.45, 7) is 4.21. The summed E-state index contributed by atoms with van der Waals surface area (Å²) in [7, 11) is 1.66. The summed E-state index contributed by atoms with van der Waals surface area (Å²) >= 11 is 1.61. The molecule has 0 radical (unpaired) electrons. The van der Waals surface area contributed by atoms with Crippen molar-refractivity contribution in [3.63, 3.8) is 0 Å². The standard InChI is InChI=1S/C27H26N2O2S/c1-18-19(2)32-27(29-26(30)21-13-8-5-9-14-21)24(18)25(20-11-6-4-7-12-20)28-22-15-10-16-23(17-22)31-3/h4-17,25,28H,1-3H3,(H,29,30). The molecule has 2 N–H and O–H groups in total. The summed E-state index contributed by atoms with van der Waals surface area (Å²) in [6, 6.07) is 27.3. The molecular formula is C27H26N2O2S. The fraction of sp³-hybridized carbons (Fsp3) is 0.148. The van der Waals surface area contributed by atoms with Gasteiger partial charge in [0.15, 0.2) is 0 Å². The minimum atomic E-state index is -0.140. The molecule has 0 aliphatic rings. The smallest absolute Gasteiger partial charge is 0.256 e. The number of benzene rings is 3. The number of nitrogens with one attached hydrogen (secondary N) is 2. The van der Waals surface area contributed by atoms with Crippen LogP contribution in [-0.4, -0.2) is 13.0 Å². The SMILES string of the molecule is COc1cccc(NC(c2ccccc2)c2c(NC(=O)c3ccccc3)sc(C)c2C)c1. The highest BCUT2D eigenvalue weighted by atomic mass is 32.1. The van der Waals surface area contributed by atoms with Crippen LogP contribution in [-0.2, 0) is 0 Å². The second kappa shape index (κ2) is 9.71. The first kappa shape index (κ1) is 21.7. The van der Waals surface area contributed by atoms with Gasteiger partial charge in [-0.15, -0.1) is 11.3 Å². The maximum atomic E-state index is 12.9. The lowest BCUT2D eigenvalue weighted by Crippen LogP contribution is -2.17. The van der Waals surface area contributed by atoms with Crippen molar-refractivity contribution >= 4 is 27.9 Å². The zero-order chi connectivity index (χ0) is 22.5. The van der Waals surface area contributed by atoms with Crippen LogP contribution in [0.2, 0.25) is 0 Å². The summed E-state index contributed by atoms with van der Waals surface area (Å²) in [4.78, 5) is 14.1. The summed E-state index contributed by atoms with van der Waals surface area (Å²) < 4.78 is 5.41. The van der Waals surface area contributed by atoms with Crippen molar-refractivity contribution in [3.05, 3.63) is 112 Å². The van der Waals surface area contributed by atoms with Gasteiger partial charge in [-0.05, 0) is 49.2 Å². The molecule has 4 nitrogen and oxygen atoms in total. The van der Waals surface area contributed by atoms with Crippen molar-refractivity contribution in [2.75, 3.05) is 17.7 Å². The molecule has 1 atom stereocenters. The average Bonchev–Trinajstić information content (AvgIpc) is 3.11. The van der Waals surface area contributed by atoms with Crippen molar-refractivity contribution in [1.29, 1.82) is 0 Å². The molecule has 5 heteroatoms. The summed E-state index contributed by atoms with van der Waals surface area (Å²) in [5.41, 5.74) is 4.95. The molecule has 1 unspecified atom stereocenters. The van der Waals surface area contributed by atoms with Crippen molar-refractivity contribution in [2.45, 2.75) is 19.9 Å². The van der Waals surface area contributed by atoms with E-state index in [0.717, 1.165) is 27.6 Å². The Kier molecular flexibility index (Phi) is 6.57. The quantitative estimate of drug-likeness (QED) is 0.330. The Morgan fingerprint density at radius 3 is 2.28 bits per heavy atom. The number of aryl methyl sites for hydroxylation is 1. The van der Waals surface area contributed by atoms with E-state index in [2.05, 4.69) is 36.6 Å². The van der Waals surface area contributed by atoms with Gasteiger partial charge >= 0.3 is 0 Å². The summed E-state index contributed by atoms with van der Waals surface area (Å²) in [5, 5.41) is 7.69. The highest BCUT2D eigenvalue weighted by Gasteiger charge is 2.25. The van der Waals surface area contributed by atoms with E-state index in [4.69, 9.17) is 4.74 Å². The minimum Gasteiger partial charge on any atom is -0.497 e. The van der Waals surface area contributed by atoms with Crippen LogP contribution < -0.4 is 15.4 Å². The van der Waals surface area contributed by atoms with E-state index in [1.807, 2.05) is 72.8 Å². The molecule has 0 aliphatic carbocycles. The molecule has 1 heterocycles. The van der Waals surface area contributed by atoms with Gasteiger partial charge in [0, 0.05) is 27.8 Å². The maximum absolute atomic E-state index is 12.9. The van der Waals surface area contributed by atoms with E-state index >= 15 is 0 Å². The van der Waals surface area contributed by atoms with E-state index in [1.54, 1.807) is 18.4 Å². The fourth-order valence-corrected chi connectivity index (χ4v) is 4.79. The van der Waals surface area contributed by atoms with Crippen molar-refractivity contribution in [3.8, 4) is 5.75 Å². The largest absolute Gasteiger partial charge is 0.497 e. The molecule has 1 aromatic heterocycles. The van der Waals surface area contributed by atoms with Crippen LogP contribution in [0.4, 0.5) is 10.7 Å². The monoisotopic (exact) mass is 442 g/mol. The summed E-state index contributed by atoms with van der Waals surface area (Å²) in [6.07, 6.45) is 0. The first-order chi connectivity index (χ1) is 15.6. The van der Waals surface area contributed by atoms with Gasteiger partial charge in [-0.2, -0.15) is 0 Å². The fourth-order valence-electron chi connectivity index (χ4n) is 3.70. The van der Waals surface area contributed by atoms with Crippen molar-refractivity contribution in [1.82, 2.24) is 0 Å². The van der Waals surface area contributed by atoms with Crippen molar-refractivity contribution < 1.29 is 9.53 Å². The maximum Gasteiger partial charge on any atom is 0.256 e. The number of hydrogen-bond acceptors (Lipinski definition) is 4. The topological polar surface area (TPSA) is 50.4 Å². The van der Waals surface area contributed by atoms with Gasteiger partial charge in [0.1, 0.15) is 10.8 Å². The predicted octanol–water partition coefficient (Wildman–Crippen LogP) is 6.83. The lowest BCUT2D eigenvalue weighted by Gasteiger charge is -2.23. The van der Waals surface area contributed by atoms with Crippen LogP contribution in [0.3, 0.4) is 0 Å². The average molecular weight is 443 g/mol. The van der Waals surface area contributed by atoms with Gasteiger partial charge in [-0.1, -0.05) is 54.6 Å². The number of anilines is 2. The van der Waals surface area contributed by atoms with E-state index in [0.29, 0.717) is 5.56 Å². The van der Waals surface area contributed by atoms with Crippen LogP contribution in [0.1, 0.15) is 38.0 Å². The van der Waals surface area contributed by atoms with Crippen molar-refractivity contribution in [2.24, 2.45) is 0 Å². The number of ether oxygens (including phenoxy) is 1. The van der Waals surface area contributed by atoms with E-state index in [9.17, 15) is 4.79 Å². The van der Waals surface area contributed by atoms with Gasteiger partial charge in [-0.3, -0.25) is 4.79 Å². The van der Waals surface area contributed by atoms with Gasteiger partial charge in [-0.25, -0.2) is 0 Å². The third kappa shape index (κ3) is 4.68. The molecule has 0 fully saturated rings. The predicted molar refractivity (Wildman–Crippen MR) is 133 cm³/mol. The van der Waals surface area contributed by atoms with E-state index < -0.39 is 0 Å². The Morgan fingerprint density at radius 2 is 1.59 bits per heavy atom. The Bertz CT molecular complexity index is 1200. The number of amides is 1. The number of methoxy groups -OCH3 is 1. The van der Waals surface area contributed by atoms with Gasteiger partial charge in [0.05, 0.1) is 13.2 Å². The number of thiophene rings is 1. The number of rotatable bonds is 7. The van der Waals surface area contributed by atoms with E-state index in [-0.39, 0.29) is 11.9 Å². The zero-order valence-electron chi connectivity index (χ0n) is 18.4. The molecule has 1 amide bonds. The lowest BCUT2D eigenvalue weighted by molar-refractivity contribution is 0.102. The molecule has 0 spiro atoms. The molecule has 4 aromatic rings. The normalized spacial score (nSPS) is 11.6. The third-order valence-electron chi connectivity index (χ3n) is 5.50. The molecule has 3 aromatic carbocycles. The molecular weight excluding hydrogens is 416 g/mol. The van der Waals surface area contributed by atoms with Crippen LogP contribution in [0.25, 0.3) is 0 Å². The highest BCUT2D eigenvalue weighted by molar-refractivity contribution is 7.16. The second-order valence-electron chi connectivity index (χ2n) is 7.57. The van der Waals surface area contributed by atoms with Crippen LogP contribution in [0.15, 0.2) is 84.9 Å². The lowest BCUT2D eigenvalue weighted by atomic mass is 9.96. The Hall–Kier alpha value is -3.57. The number of hydrogen-bond donors (Lipinski definition) is 2. The second-order valence-corrected chi connectivity index (χ2v) is 8.79. The first-order valence-corrected chi connectivity index (χ1v) is 11.3. The number of carbonyl (C=O) groups is 1. The molecule has 0 saturated heterocycles. The molecule has 0 bridgehead atoms. The van der Waals surface area contributed by atoms with Crippen LogP contribution in [0.5, 0.6) is 5.75 Å². The minimum absolute atomic E-state index is 0.110. The third-order valence-corrected chi connectivity index (χ3v) is 6.64. The highest BCUT2D eigenvalue weighted by Crippen LogP contribution is 2.41. The molecule has 162 valence electrons. The van der Waals surface area contributed by atoms with Gasteiger partial charge < -0.3 is 15.4 Å². The Morgan fingerprint density at radius 1 is 0.906 bits per heavy atom. The van der Waals surface area contributed by atoms with Gasteiger partial charge in [0.25, 0.3) is 5.91 Å². The van der Waals surface area contributed by atoms with Crippen LogP contribution in [0, 0.1) is 13.8 Å². The molecule has 0 aliphatic heterocycles. The zero-order valence-corrected chi connectivity index (χ0v) is 19.2.